The molecule has 0 radical (unpaired) electrons. The van der Waals surface area contributed by atoms with Crippen LogP contribution in [0, 0.1) is 0 Å². The summed E-state index contributed by atoms with van der Waals surface area (Å²) in [5, 5.41) is 5.03. The maximum absolute atomic E-state index is 2.32. The van der Waals surface area contributed by atoms with E-state index >= 15 is 0 Å². The average Bonchev–Trinajstić information content (AvgIpc) is 3.27. The number of rotatable bonds is 57. The van der Waals surface area contributed by atoms with E-state index in [1.807, 2.05) is 0 Å². The van der Waals surface area contributed by atoms with Crippen LogP contribution < -0.4 is 0 Å². The van der Waals surface area contributed by atoms with Gasteiger partial charge in [-0.1, -0.05) is 383 Å². The molecule has 0 N–H and O–H groups in total. The molecule has 0 aliphatic heterocycles. The Morgan fingerprint density at radius 2 is 0.230 bits per heavy atom. The van der Waals surface area contributed by atoms with Crippen LogP contribution in [0.25, 0.3) is 0 Å². The second kappa shape index (κ2) is 58.5. The Kier molecular flexibility index (Phi) is 59.1. The molecule has 0 bridgehead atoms. The highest BCUT2D eigenvalue weighted by molar-refractivity contribution is 6.58. The lowest BCUT2D eigenvalue weighted by Gasteiger charge is -2.12. The molecule has 0 aliphatic rings. The Bertz CT molecular complexity index is 621. The standard InChI is InChI=1S/3C20H41.Al/c3*1-3-5-7-9-11-13-15-17-19-20-18-16-14-12-10-8-6-4-2;/h3*1,3-20H2,2H3;. The second-order valence-corrected chi connectivity index (χ2v) is 24.7. The van der Waals surface area contributed by atoms with Crippen molar-refractivity contribution in [3.8, 4) is 0 Å². The Morgan fingerprint density at radius 3 is 0.344 bits per heavy atom. The van der Waals surface area contributed by atoms with Crippen molar-refractivity contribution < 1.29 is 0 Å². The van der Waals surface area contributed by atoms with Crippen LogP contribution in [0.5, 0.6) is 0 Å². The molecule has 0 heterocycles. The highest BCUT2D eigenvalue weighted by Crippen LogP contribution is 2.22. The first-order chi connectivity index (χ1) is 30.3. The Balaban J connectivity index is 3.96. The van der Waals surface area contributed by atoms with E-state index in [1.165, 1.54) is 308 Å². The SMILES string of the molecule is CCCCCCCCCCCCCCCCCCC[CH2][Al]([CH2]CCCCCCCCCCCCCCCCCCC)[CH2]CCCCCCCCCCCCCCCCCCC. The third kappa shape index (κ3) is 56.6. The molecule has 0 aliphatic carbocycles. The van der Waals surface area contributed by atoms with E-state index in [4.69, 9.17) is 0 Å². The summed E-state index contributed by atoms with van der Waals surface area (Å²) in [5.74, 6) is 0. The van der Waals surface area contributed by atoms with Gasteiger partial charge < -0.3 is 0 Å². The van der Waals surface area contributed by atoms with E-state index < -0.39 is 14.1 Å². The summed E-state index contributed by atoms with van der Waals surface area (Å²) in [6.45, 7) is 6.97. The Morgan fingerprint density at radius 1 is 0.131 bits per heavy atom. The lowest BCUT2D eigenvalue weighted by atomic mass is 10.0. The third-order valence-corrected chi connectivity index (χ3v) is 18.6. The van der Waals surface area contributed by atoms with Gasteiger partial charge in [0.15, 0.2) is 0 Å². The van der Waals surface area contributed by atoms with Crippen molar-refractivity contribution in [2.75, 3.05) is 0 Å². The summed E-state index contributed by atoms with van der Waals surface area (Å²) in [5.41, 5.74) is 0. The number of hydrogen-bond donors (Lipinski definition) is 0. The Labute approximate surface area is 395 Å². The van der Waals surface area contributed by atoms with Crippen molar-refractivity contribution in [1.82, 2.24) is 0 Å². The fraction of sp³-hybridized carbons (Fsp3) is 1.00. The molecule has 0 aromatic heterocycles. The molecule has 0 saturated carbocycles. The zero-order valence-electron chi connectivity index (χ0n) is 43.9. The van der Waals surface area contributed by atoms with Crippen LogP contribution in [0.3, 0.4) is 0 Å². The van der Waals surface area contributed by atoms with E-state index in [1.54, 1.807) is 54.4 Å². The second-order valence-electron chi connectivity index (χ2n) is 21.3. The van der Waals surface area contributed by atoms with Crippen molar-refractivity contribution in [3.63, 3.8) is 0 Å². The minimum atomic E-state index is -0.522. The van der Waals surface area contributed by atoms with E-state index in [9.17, 15) is 0 Å². The molecule has 0 rings (SSSR count). The van der Waals surface area contributed by atoms with Crippen LogP contribution in [0.15, 0.2) is 0 Å². The van der Waals surface area contributed by atoms with Gasteiger partial charge in [-0.3, -0.25) is 0 Å². The fourth-order valence-electron chi connectivity index (χ4n) is 10.4. The lowest BCUT2D eigenvalue weighted by Crippen LogP contribution is -2.12. The normalized spacial score (nSPS) is 11.7. The van der Waals surface area contributed by atoms with Gasteiger partial charge in [-0.15, -0.1) is 0 Å². The quantitative estimate of drug-likeness (QED) is 0.0422. The fourth-order valence-corrected chi connectivity index (χ4v) is 13.9. The summed E-state index contributed by atoms with van der Waals surface area (Å²) in [7, 11) is 0. The molecular weight excluding hydrogens is 748 g/mol. The monoisotopic (exact) mass is 871 g/mol. The molecule has 0 saturated heterocycles. The number of unbranched alkanes of at least 4 members (excludes halogenated alkanes) is 51. The summed E-state index contributed by atoms with van der Waals surface area (Å²) in [4.78, 5) is 0. The molecule has 0 fully saturated rings. The maximum Gasteiger partial charge on any atom is 0.261 e. The topological polar surface area (TPSA) is 0 Å². The van der Waals surface area contributed by atoms with Gasteiger partial charge in [-0.2, -0.15) is 0 Å². The first kappa shape index (κ1) is 61.5. The number of hydrogen-bond acceptors (Lipinski definition) is 0. The summed E-state index contributed by atoms with van der Waals surface area (Å²) in [6.07, 6.45) is 80.8. The van der Waals surface area contributed by atoms with Crippen LogP contribution in [0.1, 0.15) is 367 Å². The first-order valence-corrected chi connectivity index (χ1v) is 32.8. The minimum Gasteiger partial charge on any atom is -0.0939 e. The largest absolute Gasteiger partial charge is 0.261 e. The van der Waals surface area contributed by atoms with E-state index in [-0.39, 0.29) is 0 Å². The first-order valence-electron chi connectivity index (χ1n) is 30.3. The summed E-state index contributed by atoms with van der Waals surface area (Å²) < 4.78 is 0. The van der Waals surface area contributed by atoms with Crippen molar-refractivity contribution in [2.24, 2.45) is 0 Å². The van der Waals surface area contributed by atoms with Crippen LogP contribution >= 0.6 is 0 Å². The van der Waals surface area contributed by atoms with E-state index in [0.717, 1.165) is 0 Å². The molecule has 0 unspecified atom stereocenters. The van der Waals surface area contributed by atoms with Gasteiger partial charge in [0.25, 0.3) is 14.1 Å². The van der Waals surface area contributed by atoms with Crippen LogP contribution in [0.4, 0.5) is 0 Å². The van der Waals surface area contributed by atoms with Gasteiger partial charge in [0.05, 0.1) is 0 Å². The molecule has 0 amide bonds. The van der Waals surface area contributed by atoms with E-state index in [0.29, 0.717) is 0 Å². The molecular formula is C60H123Al. The lowest BCUT2D eigenvalue weighted by molar-refractivity contribution is 0.525. The zero-order valence-corrected chi connectivity index (χ0v) is 45.0. The molecule has 1 heteroatoms. The smallest absolute Gasteiger partial charge is 0.0939 e. The van der Waals surface area contributed by atoms with Crippen molar-refractivity contribution in [2.45, 2.75) is 383 Å². The van der Waals surface area contributed by atoms with Crippen LogP contribution in [-0.2, 0) is 0 Å². The predicted molar refractivity (Wildman–Crippen MR) is 287 cm³/mol. The van der Waals surface area contributed by atoms with Gasteiger partial charge in [0.2, 0.25) is 0 Å². The van der Waals surface area contributed by atoms with Gasteiger partial charge in [-0.05, 0) is 0 Å². The van der Waals surface area contributed by atoms with Crippen molar-refractivity contribution in [3.05, 3.63) is 0 Å². The highest BCUT2D eigenvalue weighted by Gasteiger charge is 2.15. The summed E-state index contributed by atoms with van der Waals surface area (Å²) in [6, 6.07) is 0. The third-order valence-electron chi connectivity index (χ3n) is 14.9. The maximum atomic E-state index is 2.32. The molecule has 0 atom stereocenters. The van der Waals surface area contributed by atoms with Crippen molar-refractivity contribution in [1.29, 1.82) is 0 Å². The van der Waals surface area contributed by atoms with Gasteiger partial charge in [0.1, 0.15) is 0 Å². The minimum absolute atomic E-state index is 0.522. The van der Waals surface area contributed by atoms with Crippen molar-refractivity contribution >= 4 is 14.1 Å². The molecule has 366 valence electrons. The predicted octanol–water partition coefficient (Wildman–Crippen LogP) is 23.6. The van der Waals surface area contributed by atoms with Gasteiger partial charge in [0, 0.05) is 0 Å². The highest BCUT2D eigenvalue weighted by atomic mass is 27.2. The molecule has 61 heavy (non-hydrogen) atoms. The molecule has 0 aromatic carbocycles. The molecule has 0 nitrogen and oxygen atoms in total. The van der Waals surface area contributed by atoms with Gasteiger partial charge >= 0.3 is 0 Å². The summed E-state index contributed by atoms with van der Waals surface area (Å²) >= 11 is -0.522. The van der Waals surface area contributed by atoms with Crippen LogP contribution in [-0.4, -0.2) is 14.1 Å². The Hall–Kier alpha value is 0.532. The van der Waals surface area contributed by atoms with E-state index in [2.05, 4.69) is 20.8 Å². The molecule has 0 aromatic rings. The zero-order chi connectivity index (χ0) is 43.9. The van der Waals surface area contributed by atoms with Gasteiger partial charge in [-0.25, -0.2) is 0 Å². The average molecular weight is 872 g/mol. The van der Waals surface area contributed by atoms with Crippen LogP contribution in [0.2, 0.25) is 15.8 Å². The molecule has 0 spiro atoms.